The molecule has 13 heteroatoms. The molecule has 1 saturated heterocycles. The van der Waals surface area contributed by atoms with E-state index in [2.05, 4.69) is 5.32 Å². The first-order chi connectivity index (χ1) is 23.3. The highest BCUT2D eigenvalue weighted by Crippen LogP contribution is 2.41. The molecule has 1 aliphatic rings. The van der Waals surface area contributed by atoms with Gasteiger partial charge in [0.05, 0.1) is 38.3 Å². The zero-order valence-electron chi connectivity index (χ0n) is 28.0. The predicted octanol–water partition coefficient (Wildman–Crippen LogP) is 3.20. The van der Waals surface area contributed by atoms with Crippen LogP contribution in [0.2, 0.25) is 0 Å². The smallest absolute Gasteiger partial charge is 0.248 e. The molecule has 0 spiro atoms. The first-order valence-electron chi connectivity index (χ1n) is 16.2. The normalized spacial score (nSPS) is 14.6. The lowest BCUT2D eigenvalue weighted by molar-refractivity contribution is -0.140. The maximum absolute atomic E-state index is 15.0. The molecular formula is C36H44F2N5O6. The van der Waals surface area contributed by atoms with Crippen LogP contribution in [0.4, 0.5) is 8.78 Å². The van der Waals surface area contributed by atoms with Crippen LogP contribution in [0.5, 0.6) is 0 Å². The van der Waals surface area contributed by atoms with Gasteiger partial charge in [-0.25, -0.2) is 8.78 Å². The number of imide groups is 1. The van der Waals surface area contributed by atoms with E-state index in [1.807, 2.05) is 55.7 Å². The zero-order chi connectivity index (χ0) is 35.7. The van der Waals surface area contributed by atoms with Crippen molar-refractivity contribution in [2.24, 2.45) is 11.1 Å². The Balaban J connectivity index is 1.50. The third-order valence-corrected chi connectivity index (χ3v) is 8.27. The van der Waals surface area contributed by atoms with Crippen LogP contribution in [0.25, 0.3) is 11.1 Å². The minimum absolute atomic E-state index is 0.0154. The molecule has 2 heterocycles. The predicted molar refractivity (Wildman–Crippen MR) is 178 cm³/mol. The van der Waals surface area contributed by atoms with E-state index in [1.54, 1.807) is 12.3 Å². The summed E-state index contributed by atoms with van der Waals surface area (Å²) < 4.78 is 36.5. The molecule has 1 radical (unpaired) electrons. The number of aromatic nitrogens is 1. The summed E-state index contributed by atoms with van der Waals surface area (Å²) in [5.74, 6) is -2.87. The van der Waals surface area contributed by atoms with Gasteiger partial charge in [-0.3, -0.25) is 24.1 Å². The van der Waals surface area contributed by atoms with Gasteiger partial charge >= 0.3 is 0 Å². The molecule has 0 saturated carbocycles. The molecule has 2 aromatic carbocycles. The van der Waals surface area contributed by atoms with E-state index in [0.29, 0.717) is 17.8 Å². The second-order valence-corrected chi connectivity index (χ2v) is 13.0. The third-order valence-electron chi connectivity index (χ3n) is 8.27. The number of ether oxygens (including phenoxy) is 1. The van der Waals surface area contributed by atoms with Gasteiger partial charge in [0, 0.05) is 49.1 Å². The number of hydrogen-bond donors (Lipinski definition) is 3. The summed E-state index contributed by atoms with van der Waals surface area (Å²) in [5, 5.41) is 12.7. The Morgan fingerprint density at radius 2 is 1.82 bits per heavy atom. The molecule has 4 N–H and O–H groups in total. The average molecular weight is 681 g/mol. The first-order valence-corrected chi connectivity index (χ1v) is 16.2. The Morgan fingerprint density at radius 1 is 1.08 bits per heavy atom. The lowest BCUT2D eigenvalue weighted by Gasteiger charge is -2.41. The molecule has 3 aromatic rings. The fourth-order valence-corrected chi connectivity index (χ4v) is 5.90. The van der Waals surface area contributed by atoms with Crippen LogP contribution in [0, 0.1) is 23.5 Å². The van der Waals surface area contributed by atoms with Gasteiger partial charge in [-0.2, -0.15) is 0 Å². The number of rotatable bonds is 16. The molecule has 0 bridgehead atoms. The molecule has 49 heavy (non-hydrogen) atoms. The molecule has 0 aliphatic carbocycles. The molecular weight excluding hydrogens is 636 g/mol. The van der Waals surface area contributed by atoms with Crippen molar-refractivity contribution in [1.82, 2.24) is 19.7 Å². The van der Waals surface area contributed by atoms with E-state index >= 15 is 0 Å². The summed E-state index contributed by atoms with van der Waals surface area (Å²) in [6.07, 6.45) is 3.18. The van der Waals surface area contributed by atoms with E-state index in [9.17, 15) is 33.1 Å². The van der Waals surface area contributed by atoms with Crippen LogP contribution in [0.3, 0.4) is 0 Å². The van der Waals surface area contributed by atoms with Crippen molar-refractivity contribution in [3.63, 3.8) is 0 Å². The molecule has 0 unspecified atom stereocenters. The lowest BCUT2D eigenvalue weighted by Crippen LogP contribution is -2.48. The number of carbonyl (C=O) groups excluding carboxylic acids is 4. The van der Waals surface area contributed by atoms with Crippen LogP contribution >= 0.6 is 0 Å². The number of halogens is 2. The number of nitrogens with two attached hydrogens (primary N) is 1. The Labute approximate surface area is 285 Å². The number of carbonyl (C=O) groups is 4. The van der Waals surface area contributed by atoms with Gasteiger partial charge in [-0.05, 0) is 41.7 Å². The van der Waals surface area contributed by atoms with E-state index < -0.39 is 47.6 Å². The van der Waals surface area contributed by atoms with Crippen LogP contribution < -0.4 is 11.1 Å². The van der Waals surface area contributed by atoms with Gasteiger partial charge in [0.25, 0.3) is 0 Å². The second kappa shape index (κ2) is 16.8. The zero-order valence-corrected chi connectivity index (χ0v) is 28.0. The van der Waals surface area contributed by atoms with E-state index in [4.69, 9.17) is 10.5 Å². The number of likely N-dealkylation sites (tertiary alicyclic amines) is 1. The second-order valence-electron chi connectivity index (χ2n) is 13.0. The molecule has 2 atom stereocenters. The number of aliphatic hydroxyl groups excluding tert-OH is 1. The Hall–Kier alpha value is -4.46. The summed E-state index contributed by atoms with van der Waals surface area (Å²) in [5.41, 5.74) is 7.67. The highest BCUT2D eigenvalue weighted by molar-refractivity contribution is 6.07. The number of amides is 4. The third kappa shape index (κ3) is 9.80. The van der Waals surface area contributed by atoms with Gasteiger partial charge in [-0.1, -0.05) is 51.1 Å². The van der Waals surface area contributed by atoms with Crippen molar-refractivity contribution in [2.75, 3.05) is 39.5 Å². The number of nitrogens with one attached hydrogen (secondary N) is 1. The molecule has 1 aromatic heterocycles. The SMILES string of the molecule is CC(C)(C)[C@H](c1cc(-c2cc(F)ccc2F)cn1Cc1ccccc1)N(CC[C@H](N)C(=O)NCCOCCN1C(=O)[CH]CC1=O)C(=O)CO. The highest BCUT2D eigenvalue weighted by Gasteiger charge is 2.37. The molecule has 1 aliphatic heterocycles. The van der Waals surface area contributed by atoms with Crippen molar-refractivity contribution < 1.29 is 37.8 Å². The largest absolute Gasteiger partial charge is 0.387 e. The highest BCUT2D eigenvalue weighted by atomic mass is 19.1. The van der Waals surface area contributed by atoms with Crippen molar-refractivity contribution in [3.8, 4) is 11.1 Å². The number of aliphatic hydroxyl groups is 1. The van der Waals surface area contributed by atoms with Gasteiger partial charge in [0.1, 0.15) is 18.2 Å². The van der Waals surface area contributed by atoms with Crippen molar-refractivity contribution in [2.45, 2.75) is 52.2 Å². The van der Waals surface area contributed by atoms with Crippen molar-refractivity contribution in [1.29, 1.82) is 0 Å². The van der Waals surface area contributed by atoms with E-state index in [-0.39, 0.29) is 63.1 Å². The fraction of sp³-hybridized carbons (Fsp3) is 0.417. The summed E-state index contributed by atoms with van der Waals surface area (Å²) in [7, 11) is 0. The average Bonchev–Trinajstić information content (AvgIpc) is 3.62. The van der Waals surface area contributed by atoms with Crippen LogP contribution in [-0.4, -0.2) is 88.6 Å². The Morgan fingerprint density at radius 3 is 2.47 bits per heavy atom. The number of benzene rings is 2. The first kappa shape index (κ1) is 37.4. The molecule has 1 fully saturated rings. The summed E-state index contributed by atoms with van der Waals surface area (Å²) in [6, 6.07) is 12.9. The monoisotopic (exact) mass is 680 g/mol. The van der Waals surface area contributed by atoms with Crippen LogP contribution in [-0.2, 0) is 30.5 Å². The maximum atomic E-state index is 15.0. The minimum atomic E-state index is -1.00. The Kier molecular flexibility index (Phi) is 12.8. The van der Waals surface area contributed by atoms with Crippen LogP contribution in [0.1, 0.15) is 50.9 Å². The Bertz CT molecular complexity index is 1610. The summed E-state index contributed by atoms with van der Waals surface area (Å²) in [6.45, 7) is 5.90. The minimum Gasteiger partial charge on any atom is -0.387 e. The standard InChI is InChI=1S/C36H44F2N5O6/c1-36(2,3)34(30-19-25(27-20-26(37)9-10-28(27)38)22-41(30)21-24-7-5-4-6-8-24)43(33(47)23-44)15-13-29(39)35(48)40-14-17-49-18-16-42-31(45)11-12-32(42)46/h4-11,19-20,22,29,34,44H,12-18,21,23,39H2,1-3H3,(H,40,48)/t29-,34-/m0/s1. The molecule has 11 nitrogen and oxygen atoms in total. The summed E-state index contributed by atoms with van der Waals surface area (Å²) in [4.78, 5) is 52.1. The molecule has 4 amide bonds. The van der Waals surface area contributed by atoms with Gasteiger partial charge in [0.15, 0.2) is 0 Å². The van der Waals surface area contributed by atoms with Gasteiger partial charge in [0.2, 0.25) is 23.6 Å². The van der Waals surface area contributed by atoms with E-state index in [1.165, 1.54) is 11.3 Å². The van der Waals surface area contributed by atoms with Gasteiger partial charge in [-0.15, -0.1) is 0 Å². The van der Waals surface area contributed by atoms with Gasteiger partial charge < -0.3 is 30.4 Å². The van der Waals surface area contributed by atoms with Crippen molar-refractivity contribution >= 4 is 23.6 Å². The summed E-state index contributed by atoms with van der Waals surface area (Å²) >= 11 is 0. The quantitative estimate of drug-likeness (QED) is 0.156. The van der Waals surface area contributed by atoms with Crippen molar-refractivity contribution in [3.05, 3.63) is 90.1 Å². The maximum Gasteiger partial charge on any atom is 0.248 e. The fourth-order valence-electron chi connectivity index (χ4n) is 5.90. The number of hydrogen-bond acceptors (Lipinski definition) is 7. The van der Waals surface area contributed by atoms with E-state index in [0.717, 1.165) is 28.7 Å². The lowest BCUT2D eigenvalue weighted by atomic mass is 9.82. The number of nitrogens with zero attached hydrogens (tertiary/aromatic N) is 3. The molecule has 4 rings (SSSR count). The molecule has 263 valence electrons. The topological polar surface area (TPSA) is 147 Å². The van der Waals surface area contributed by atoms with Crippen LogP contribution in [0.15, 0.2) is 60.8 Å².